The zero-order chi connectivity index (χ0) is 8.81. The van der Waals surface area contributed by atoms with Gasteiger partial charge in [-0.05, 0) is 25.2 Å². The van der Waals surface area contributed by atoms with Crippen LogP contribution >= 0.6 is 0 Å². The predicted molar refractivity (Wildman–Crippen MR) is 53.7 cm³/mol. The van der Waals surface area contributed by atoms with Gasteiger partial charge >= 0.3 is 0 Å². The first-order chi connectivity index (χ1) is 5.88. The number of rotatable bonds is 2. The highest BCUT2D eigenvalue weighted by Crippen LogP contribution is 2.31. The first kappa shape index (κ1) is 9.13. The molecule has 0 bridgehead atoms. The zero-order valence-corrected chi connectivity index (χ0v) is 7.55. The lowest BCUT2D eigenvalue weighted by molar-refractivity contribution is 0.461. The van der Waals surface area contributed by atoms with Gasteiger partial charge in [0.15, 0.2) is 0 Å². The Balaban J connectivity index is 2.61. The fourth-order valence-corrected chi connectivity index (χ4v) is 1.86. The van der Waals surface area contributed by atoms with Gasteiger partial charge in [0.2, 0.25) is 0 Å². The van der Waals surface area contributed by atoms with Crippen molar-refractivity contribution >= 4 is 0 Å². The van der Waals surface area contributed by atoms with Crippen LogP contribution < -0.4 is 0 Å². The highest BCUT2D eigenvalue weighted by atomic mass is 14.2. The molecule has 0 radical (unpaired) electrons. The molecule has 0 aromatic rings. The summed E-state index contributed by atoms with van der Waals surface area (Å²) < 4.78 is 0. The summed E-state index contributed by atoms with van der Waals surface area (Å²) in [5, 5.41) is 0. The van der Waals surface area contributed by atoms with Crippen LogP contribution in [0.25, 0.3) is 0 Å². The average molecular weight is 160 g/mol. The Morgan fingerprint density at radius 1 is 1.58 bits per heavy atom. The Kier molecular flexibility index (Phi) is 3.67. The smallest absolute Gasteiger partial charge is 0.0152 e. The third-order valence-corrected chi connectivity index (χ3v) is 2.49. The molecule has 1 aliphatic carbocycles. The SMILES string of the molecule is C#CC[C@H]1CCCC/C1=C\C=C. The molecule has 0 heterocycles. The summed E-state index contributed by atoms with van der Waals surface area (Å²) in [5.74, 6) is 3.39. The molecule has 12 heavy (non-hydrogen) atoms. The van der Waals surface area contributed by atoms with Crippen molar-refractivity contribution in [1.29, 1.82) is 0 Å². The Morgan fingerprint density at radius 3 is 3.08 bits per heavy atom. The molecule has 0 spiro atoms. The maximum absolute atomic E-state index is 5.31. The van der Waals surface area contributed by atoms with Crippen molar-refractivity contribution in [3.63, 3.8) is 0 Å². The van der Waals surface area contributed by atoms with E-state index in [0.29, 0.717) is 5.92 Å². The van der Waals surface area contributed by atoms with E-state index in [4.69, 9.17) is 6.42 Å². The van der Waals surface area contributed by atoms with Crippen molar-refractivity contribution < 1.29 is 0 Å². The maximum Gasteiger partial charge on any atom is 0.0152 e. The van der Waals surface area contributed by atoms with Gasteiger partial charge in [-0.3, -0.25) is 0 Å². The van der Waals surface area contributed by atoms with E-state index in [-0.39, 0.29) is 0 Å². The second-order valence-electron chi connectivity index (χ2n) is 3.33. The molecule has 1 rings (SSSR count). The van der Waals surface area contributed by atoms with Crippen LogP contribution in [0.3, 0.4) is 0 Å². The lowest BCUT2D eigenvalue weighted by Gasteiger charge is -2.23. The molecule has 0 unspecified atom stereocenters. The lowest BCUT2D eigenvalue weighted by atomic mass is 9.82. The van der Waals surface area contributed by atoms with Crippen LogP contribution in [0, 0.1) is 18.3 Å². The molecule has 0 aromatic heterocycles. The van der Waals surface area contributed by atoms with Crippen LogP contribution in [0.4, 0.5) is 0 Å². The van der Waals surface area contributed by atoms with E-state index in [1.165, 1.54) is 31.3 Å². The molecule has 64 valence electrons. The van der Waals surface area contributed by atoms with E-state index in [9.17, 15) is 0 Å². The average Bonchev–Trinajstić information content (AvgIpc) is 2.09. The van der Waals surface area contributed by atoms with Gasteiger partial charge in [0.1, 0.15) is 0 Å². The standard InChI is InChI=1S/C12H16/c1-3-7-11-9-5-6-10-12(11)8-4-2/h1,4,8,11H,2,5-7,9-10H2/b12-8+/t11-/m0/s1. The Bertz CT molecular complexity index is 215. The van der Waals surface area contributed by atoms with E-state index >= 15 is 0 Å². The van der Waals surface area contributed by atoms with Gasteiger partial charge in [0.05, 0.1) is 0 Å². The lowest BCUT2D eigenvalue weighted by Crippen LogP contribution is -2.09. The molecule has 0 amide bonds. The number of hydrogen-bond acceptors (Lipinski definition) is 0. The summed E-state index contributed by atoms with van der Waals surface area (Å²) in [4.78, 5) is 0. The number of allylic oxidation sites excluding steroid dienone is 3. The van der Waals surface area contributed by atoms with Gasteiger partial charge in [-0.1, -0.05) is 30.7 Å². The quantitative estimate of drug-likeness (QED) is 0.544. The molecule has 0 N–H and O–H groups in total. The predicted octanol–water partition coefficient (Wildman–Crippen LogP) is 3.31. The Hall–Kier alpha value is -0.960. The fraction of sp³-hybridized carbons (Fsp3) is 0.500. The Labute approximate surface area is 75.4 Å². The van der Waals surface area contributed by atoms with Crippen molar-refractivity contribution in [2.24, 2.45) is 5.92 Å². The van der Waals surface area contributed by atoms with E-state index in [1.807, 2.05) is 6.08 Å². The summed E-state index contributed by atoms with van der Waals surface area (Å²) in [6, 6.07) is 0. The first-order valence-electron chi connectivity index (χ1n) is 4.63. The second kappa shape index (κ2) is 4.83. The molecule has 1 aliphatic rings. The van der Waals surface area contributed by atoms with Crippen molar-refractivity contribution in [1.82, 2.24) is 0 Å². The maximum atomic E-state index is 5.31. The summed E-state index contributed by atoms with van der Waals surface area (Å²) in [6.45, 7) is 3.72. The molecule has 1 saturated carbocycles. The topological polar surface area (TPSA) is 0 Å². The normalized spacial score (nSPS) is 26.6. The Morgan fingerprint density at radius 2 is 2.42 bits per heavy atom. The minimum atomic E-state index is 0.641. The minimum Gasteiger partial charge on any atom is -0.120 e. The molecule has 0 aromatic carbocycles. The van der Waals surface area contributed by atoms with Crippen LogP contribution in [-0.2, 0) is 0 Å². The van der Waals surface area contributed by atoms with Crippen LogP contribution in [0.2, 0.25) is 0 Å². The van der Waals surface area contributed by atoms with Gasteiger partial charge in [-0.15, -0.1) is 12.3 Å². The first-order valence-corrected chi connectivity index (χ1v) is 4.63. The molecule has 0 nitrogen and oxygen atoms in total. The summed E-state index contributed by atoms with van der Waals surface area (Å²) in [7, 11) is 0. The largest absolute Gasteiger partial charge is 0.120 e. The number of terminal acetylenes is 1. The van der Waals surface area contributed by atoms with E-state index in [2.05, 4.69) is 18.6 Å². The minimum absolute atomic E-state index is 0.641. The fourth-order valence-electron chi connectivity index (χ4n) is 1.86. The monoisotopic (exact) mass is 160 g/mol. The highest BCUT2D eigenvalue weighted by Gasteiger charge is 2.16. The summed E-state index contributed by atoms with van der Waals surface area (Å²) in [6.07, 6.45) is 15.4. The van der Waals surface area contributed by atoms with E-state index in [0.717, 1.165) is 6.42 Å². The zero-order valence-electron chi connectivity index (χ0n) is 7.55. The van der Waals surface area contributed by atoms with Gasteiger partial charge in [-0.2, -0.15) is 0 Å². The third-order valence-electron chi connectivity index (χ3n) is 2.49. The molecular formula is C12H16. The highest BCUT2D eigenvalue weighted by molar-refractivity contribution is 5.17. The van der Waals surface area contributed by atoms with Crippen LogP contribution in [0.5, 0.6) is 0 Å². The number of hydrogen-bond donors (Lipinski definition) is 0. The summed E-state index contributed by atoms with van der Waals surface area (Å²) in [5.41, 5.74) is 1.51. The van der Waals surface area contributed by atoms with Crippen molar-refractivity contribution in [2.75, 3.05) is 0 Å². The molecule has 0 aliphatic heterocycles. The molecule has 0 heteroatoms. The van der Waals surface area contributed by atoms with Crippen LogP contribution in [-0.4, -0.2) is 0 Å². The van der Waals surface area contributed by atoms with Gasteiger partial charge in [-0.25, -0.2) is 0 Å². The molecule has 1 atom stereocenters. The second-order valence-corrected chi connectivity index (χ2v) is 3.33. The van der Waals surface area contributed by atoms with Crippen molar-refractivity contribution in [3.05, 3.63) is 24.3 Å². The molecular weight excluding hydrogens is 144 g/mol. The summed E-state index contributed by atoms with van der Waals surface area (Å²) >= 11 is 0. The van der Waals surface area contributed by atoms with Gasteiger partial charge in [0, 0.05) is 6.42 Å². The van der Waals surface area contributed by atoms with Gasteiger partial charge < -0.3 is 0 Å². The molecule has 1 fully saturated rings. The van der Waals surface area contributed by atoms with E-state index in [1.54, 1.807) is 0 Å². The van der Waals surface area contributed by atoms with Crippen LogP contribution in [0.1, 0.15) is 32.1 Å². The third kappa shape index (κ3) is 2.27. The van der Waals surface area contributed by atoms with Gasteiger partial charge in [0.25, 0.3) is 0 Å². The van der Waals surface area contributed by atoms with Crippen molar-refractivity contribution in [3.8, 4) is 12.3 Å². The van der Waals surface area contributed by atoms with Crippen LogP contribution in [0.15, 0.2) is 24.3 Å². The van der Waals surface area contributed by atoms with E-state index < -0.39 is 0 Å². The van der Waals surface area contributed by atoms with Crippen molar-refractivity contribution in [2.45, 2.75) is 32.1 Å². The molecule has 0 saturated heterocycles.